The minimum Gasteiger partial charge on any atom is -0.465 e. The van der Waals surface area contributed by atoms with Gasteiger partial charge in [0, 0.05) is 16.7 Å². The number of nitrogens with zero attached hydrogens (tertiary/aromatic N) is 2. The molecule has 0 aliphatic heterocycles. The third-order valence-corrected chi connectivity index (χ3v) is 3.96. The number of benzene rings is 1. The SMILES string of the molecule is COC(=O)c1cnc(SOCc2ccc(Br)cc2)c([N+](=O)[O-])c1. The smallest absolute Gasteiger partial charge is 0.339 e. The van der Waals surface area contributed by atoms with Gasteiger partial charge in [0.05, 0.1) is 36.2 Å². The number of hydrogen-bond donors (Lipinski definition) is 0. The summed E-state index contributed by atoms with van der Waals surface area (Å²) in [6, 6.07) is 8.59. The number of halogens is 1. The summed E-state index contributed by atoms with van der Waals surface area (Å²) in [6.45, 7) is 0.259. The number of methoxy groups -OCH3 is 1. The summed E-state index contributed by atoms with van der Waals surface area (Å²) in [5.41, 5.74) is 0.611. The van der Waals surface area contributed by atoms with E-state index >= 15 is 0 Å². The lowest BCUT2D eigenvalue weighted by atomic mass is 10.2. The molecule has 0 N–H and O–H groups in total. The highest BCUT2D eigenvalue weighted by molar-refractivity contribution is 9.10. The highest BCUT2D eigenvalue weighted by Crippen LogP contribution is 2.29. The van der Waals surface area contributed by atoms with Gasteiger partial charge >= 0.3 is 11.7 Å². The average molecular weight is 399 g/mol. The Bertz CT molecular complexity index is 724. The second-order valence-electron chi connectivity index (χ2n) is 4.27. The quantitative estimate of drug-likeness (QED) is 0.316. The number of ether oxygens (including phenoxy) is 1. The van der Waals surface area contributed by atoms with Gasteiger partial charge in [-0.1, -0.05) is 28.1 Å². The van der Waals surface area contributed by atoms with Crippen molar-refractivity contribution in [3.63, 3.8) is 0 Å². The largest absolute Gasteiger partial charge is 0.465 e. The maximum absolute atomic E-state index is 11.4. The van der Waals surface area contributed by atoms with Crippen LogP contribution in [0.1, 0.15) is 15.9 Å². The molecule has 120 valence electrons. The first-order valence-corrected chi connectivity index (χ1v) is 7.81. The van der Waals surface area contributed by atoms with E-state index in [1.54, 1.807) is 0 Å². The average Bonchev–Trinajstić information content (AvgIpc) is 2.56. The van der Waals surface area contributed by atoms with Gasteiger partial charge in [0.15, 0.2) is 0 Å². The zero-order valence-electron chi connectivity index (χ0n) is 11.9. The predicted octanol–water partition coefficient (Wildman–Crippen LogP) is 3.76. The number of rotatable bonds is 6. The van der Waals surface area contributed by atoms with Gasteiger partial charge in [-0.2, -0.15) is 0 Å². The first-order chi connectivity index (χ1) is 11.0. The number of carbonyl (C=O) groups is 1. The monoisotopic (exact) mass is 398 g/mol. The summed E-state index contributed by atoms with van der Waals surface area (Å²) in [5, 5.41) is 11.2. The molecule has 1 aromatic heterocycles. The van der Waals surface area contributed by atoms with Crippen molar-refractivity contribution in [1.82, 2.24) is 4.98 Å². The molecule has 0 unspecified atom stereocenters. The Kier molecular flexibility index (Phi) is 6.08. The van der Waals surface area contributed by atoms with Crippen molar-refractivity contribution in [2.45, 2.75) is 11.6 Å². The molecule has 0 amide bonds. The molecule has 0 aliphatic rings. The summed E-state index contributed by atoms with van der Waals surface area (Å²) in [7, 11) is 1.19. The van der Waals surface area contributed by atoms with E-state index in [1.165, 1.54) is 13.3 Å². The molecule has 2 aromatic rings. The molecule has 1 aromatic carbocycles. The standard InChI is InChI=1S/C14H11BrN2O5S/c1-21-14(18)10-6-12(17(19)20)13(16-7-10)23-22-8-9-2-4-11(15)5-3-9/h2-7H,8H2,1H3. The van der Waals surface area contributed by atoms with Gasteiger partial charge in [-0.15, -0.1) is 0 Å². The van der Waals surface area contributed by atoms with Crippen molar-refractivity contribution >= 4 is 39.6 Å². The zero-order chi connectivity index (χ0) is 16.8. The summed E-state index contributed by atoms with van der Waals surface area (Å²) in [4.78, 5) is 25.8. The van der Waals surface area contributed by atoms with Crippen molar-refractivity contribution in [1.29, 1.82) is 0 Å². The zero-order valence-corrected chi connectivity index (χ0v) is 14.3. The lowest BCUT2D eigenvalue weighted by Crippen LogP contribution is -2.04. The summed E-state index contributed by atoms with van der Waals surface area (Å²) >= 11 is 4.12. The van der Waals surface area contributed by atoms with Crippen LogP contribution in [0.3, 0.4) is 0 Å². The van der Waals surface area contributed by atoms with Crippen LogP contribution in [0.4, 0.5) is 5.69 Å². The van der Waals surface area contributed by atoms with Crippen LogP contribution in [0.15, 0.2) is 46.0 Å². The molecule has 1 heterocycles. The van der Waals surface area contributed by atoms with Crippen molar-refractivity contribution in [3.05, 3.63) is 62.2 Å². The fraction of sp³-hybridized carbons (Fsp3) is 0.143. The predicted molar refractivity (Wildman–Crippen MR) is 87.0 cm³/mol. The fourth-order valence-electron chi connectivity index (χ4n) is 1.60. The Labute approximate surface area is 144 Å². The first-order valence-electron chi connectivity index (χ1n) is 6.28. The number of esters is 1. The Balaban J connectivity index is 2.08. The van der Waals surface area contributed by atoms with Gasteiger partial charge in [0.2, 0.25) is 5.03 Å². The Morgan fingerprint density at radius 1 is 1.39 bits per heavy atom. The van der Waals surface area contributed by atoms with E-state index in [1.807, 2.05) is 24.3 Å². The van der Waals surface area contributed by atoms with Gasteiger partial charge < -0.3 is 8.92 Å². The van der Waals surface area contributed by atoms with E-state index < -0.39 is 10.9 Å². The molecule has 0 radical (unpaired) electrons. The number of aromatic nitrogens is 1. The Hall–Kier alpha value is -1.97. The maximum atomic E-state index is 11.4. The lowest BCUT2D eigenvalue weighted by Gasteiger charge is -2.05. The first kappa shape index (κ1) is 17.4. The Morgan fingerprint density at radius 2 is 2.09 bits per heavy atom. The van der Waals surface area contributed by atoms with E-state index in [0.29, 0.717) is 0 Å². The van der Waals surface area contributed by atoms with Crippen LogP contribution in [0.25, 0.3) is 0 Å². The van der Waals surface area contributed by atoms with E-state index in [0.717, 1.165) is 28.1 Å². The van der Waals surface area contributed by atoms with Crippen LogP contribution in [-0.4, -0.2) is 23.0 Å². The van der Waals surface area contributed by atoms with Gasteiger partial charge in [0.25, 0.3) is 0 Å². The number of carbonyl (C=O) groups excluding carboxylic acids is 1. The molecule has 2 rings (SSSR count). The fourth-order valence-corrected chi connectivity index (χ4v) is 2.48. The molecule has 0 saturated heterocycles. The molecule has 9 heteroatoms. The minimum atomic E-state index is -0.687. The minimum absolute atomic E-state index is 0.0106. The van der Waals surface area contributed by atoms with E-state index in [-0.39, 0.29) is 22.9 Å². The molecule has 0 spiro atoms. The molecular formula is C14H11BrN2O5S. The topological polar surface area (TPSA) is 91.6 Å². The highest BCUT2D eigenvalue weighted by Gasteiger charge is 2.20. The third kappa shape index (κ3) is 4.75. The van der Waals surface area contributed by atoms with Crippen molar-refractivity contribution in [2.24, 2.45) is 0 Å². The Morgan fingerprint density at radius 3 is 2.70 bits per heavy atom. The number of hydrogen-bond acceptors (Lipinski definition) is 7. The third-order valence-electron chi connectivity index (χ3n) is 2.73. The van der Waals surface area contributed by atoms with Crippen molar-refractivity contribution < 1.29 is 18.6 Å². The summed E-state index contributed by atoms with van der Waals surface area (Å²) in [6.07, 6.45) is 1.21. The van der Waals surface area contributed by atoms with Crippen LogP contribution in [0.5, 0.6) is 0 Å². The van der Waals surface area contributed by atoms with Gasteiger partial charge in [-0.3, -0.25) is 10.1 Å². The summed E-state index contributed by atoms with van der Waals surface area (Å²) < 4.78 is 10.8. The van der Waals surface area contributed by atoms with Gasteiger partial charge in [0.1, 0.15) is 0 Å². The maximum Gasteiger partial charge on any atom is 0.339 e. The van der Waals surface area contributed by atoms with Crippen molar-refractivity contribution in [2.75, 3.05) is 7.11 Å². The normalized spacial score (nSPS) is 10.3. The van der Waals surface area contributed by atoms with Crippen LogP contribution in [0, 0.1) is 10.1 Å². The number of pyridine rings is 1. The summed E-state index contributed by atoms with van der Waals surface area (Å²) in [5.74, 6) is -0.687. The second-order valence-corrected chi connectivity index (χ2v) is 5.97. The highest BCUT2D eigenvalue weighted by atomic mass is 79.9. The van der Waals surface area contributed by atoms with Crippen LogP contribution < -0.4 is 0 Å². The number of nitro groups is 1. The lowest BCUT2D eigenvalue weighted by molar-refractivity contribution is -0.388. The molecular weight excluding hydrogens is 388 g/mol. The molecule has 23 heavy (non-hydrogen) atoms. The second kappa shape index (κ2) is 8.04. The van der Waals surface area contributed by atoms with Crippen LogP contribution in [0.2, 0.25) is 0 Å². The van der Waals surface area contributed by atoms with E-state index in [9.17, 15) is 14.9 Å². The van der Waals surface area contributed by atoms with E-state index in [4.69, 9.17) is 4.18 Å². The molecule has 0 bridgehead atoms. The molecule has 0 fully saturated rings. The van der Waals surface area contributed by atoms with E-state index in [2.05, 4.69) is 25.7 Å². The molecule has 7 nitrogen and oxygen atoms in total. The molecule has 0 aliphatic carbocycles. The van der Waals surface area contributed by atoms with Gasteiger partial charge in [-0.25, -0.2) is 9.78 Å². The van der Waals surface area contributed by atoms with Gasteiger partial charge in [-0.05, 0) is 17.7 Å². The van der Waals surface area contributed by atoms with Crippen molar-refractivity contribution in [3.8, 4) is 0 Å². The van der Waals surface area contributed by atoms with Crippen LogP contribution >= 0.6 is 28.0 Å². The van der Waals surface area contributed by atoms with Crippen LogP contribution in [-0.2, 0) is 15.5 Å². The molecule has 0 atom stereocenters. The molecule has 0 saturated carbocycles.